The number of rotatable bonds is 12. The van der Waals surface area contributed by atoms with Gasteiger partial charge in [0.1, 0.15) is 11.6 Å². The molecule has 0 saturated carbocycles. The van der Waals surface area contributed by atoms with Crippen molar-refractivity contribution in [3.05, 3.63) is 0 Å². The van der Waals surface area contributed by atoms with Gasteiger partial charge in [-0.25, -0.2) is 0 Å². The van der Waals surface area contributed by atoms with Crippen LogP contribution in [-0.2, 0) is 14.3 Å². The Labute approximate surface area is 121 Å². The van der Waals surface area contributed by atoms with Gasteiger partial charge in [-0.1, -0.05) is 27.7 Å². The minimum atomic E-state index is 0.263. The van der Waals surface area contributed by atoms with E-state index >= 15 is 0 Å². The minimum Gasteiger partial charge on any atom is -0.381 e. The van der Waals surface area contributed by atoms with Crippen molar-refractivity contribution >= 4 is 23.3 Å². The Balaban J connectivity index is 3.35. The van der Waals surface area contributed by atoms with Crippen molar-refractivity contribution in [3.8, 4) is 0 Å². The topological polar surface area (TPSA) is 43.4 Å². The molecule has 0 spiro atoms. The van der Waals surface area contributed by atoms with Crippen LogP contribution < -0.4 is 0 Å². The van der Waals surface area contributed by atoms with E-state index in [1.54, 1.807) is 11.8 Å². The lowest BCUT2D eigenvalue weighted by atomic mass is 10.1. The van der Waals surface area contributed by atoms with Crippen molar-refractivity contribution in [3.63, 3.8) is 0 Å². The highest BCUT2D eigenvalue weighted by Gasteiger charge is 2.06. The number of hydrogen-bond acceptors (Lipinski definition) is 4. The molecule has 0 aromatic rings. The van der Waals surface area contributed by atoms with Crippen molar-refractivity contribution in [2.45, 2.75) is 58.6 Å². The first-order valence-corrected chi connectivity index (χ1v) is 8.19. The molecule has 0 N–H and O–H groups in total. The molecule has 0 radical (unpaired) electrons. The van der Waals surface area contributed by atoms with E-state index < -0.39 is 0 Å². The quantitative estimate of drug-likeness (QED) is 0.516. The average molecular weight is 288 g/mol. The summed E-state index contributed by atoms with van der Waals surface area (Å²) in [6.45, 7) is 9.33. The number of thioether (sulfide) groups is 1. The Kier molecular flexibility index (Phi) is 11.3. The third-order valence-corrected chi connectivity index (χ3v) is 3.64. The van der Waals surface area contributed by atoms with Crippen LogP contribution in [0.3, 0.4) is 0 Å². The molecular formula is C15H28O3S. The summed E-state index contributed by atoms with van der Waals surface area (Å²) in [6, 6.07) is 0. The van der Waals surface area contributed by atoms with Gasteiger partial charge in [-0.2, -0.15) is 11.8 Å². The number of ketones is 2. The van der Waals surface area contributed by atoms with Crippen LogP contribution in [0.25, 0.3) is 0 Å². The van der Waals surface area contributed by atoms with Crippen molar-refractivity contribution in [1.82, 2.24) is 0 Å². The lowest BCUT2D eigenvalue weighted by molar-refractivity contribution is -0.121. The molecule has 0 amide bonds. The van der Waals surface area contributed by atoms with Crippen LogP contribution in [-0.4, -0.2) is 35.8 Å². The first kappa shape index (κ1) is 18.7. The first-order valence-electron chi connectivity index (χ1n) is 7.14. The molecular weight excluding hydrogens is 260 g/mol. The highest BCUT2D eigenvalue weighted by molar-refractivity contribution is 8.00. The van der Waals surface area contributed by atoms with Crippen molar-refractivity contribution in [2.75, 3.05) is 19.0 Å². The first-order chi connectivity index (χ1) is 8.91. The minimum absolute atomic E-state index is 0.263. The third-order valence-electron chi connectivity index (χ3n) is 2.48. The maximum atomic E-state index is 11.5. The Morgan fingerprint density at radius 1 is 1.00 bits per heavy atom. The van der Waals surface area contributed by atoms with E-state index in [0.717, 1.165) is 6.42 Å². The zero-order valence-electron chi connectivity index (χ0n) is 12.7. The van der Waals surface area contributed by atoms with Gasteiger partial charge in [0.25, 0.3) is 0 Å². The van der Waals surface area contributed by atoms with Gasteiger partial charge >= 0.3 is 0 Å². The molecule has 0 aliphatic rings. The SMILES string of the molecule is CC(C)CC(=O)CCOCCCC(=O)CSC(C)C. The summed E-state index contributed by atoms with van der Waals surface area (Å²) in [5, 5.41) is 0.507. The molecule has 0 aromatic carbocycles. The standard InChI is InChI=1S/C15H28O3S/c1-12(2)10-14(16)7-9-18-8-5-6-15(17)11-19-13(3)4/h12-13H,5-11H2,1-4H3. The Morgan fingerprint density at radius 3 is 2.26 bits per heavy atom. The lowest BCUT2D eigenvalue weighted by Crippen LogP contribution is -2.09. The van der Waals surface area contributed by atoms with Crippen LogP contribution in [0.15, 0.2) is 0 Å². The summed E-state index contributed by atoms with van der Waals surface area (Å²) >= 11 is 1.68. The molecule has 0 saturated heterocycles. The monoisotopic (exact) mass is 288 g/mol. The molecule has 19 heavy (non-hydrogen) atoms. The summed E-state index contributed by atoms with van der Waals surface area (Å²) in [5.74, 6) is 1.58. The number of ether oxygens (including phenoxy) is 1. The number of carbonyl (C=O) groups excluding carboxylic acids is 2. The third kappa shape index (κ3) is 13.9. The van der Waals surface area contributed by atoms with E-state index in [-0.39, 0.29) is 11.6 Å². The van der Waals surface area contributed by atoms with Gasteiger partial charge in [-0.05, 0) is 17.6 Å². The molecule has 0 rings (SSSR count). The molecule has 0 fully saturated rings. The van der Waals surface area contributed by atoms with Crippen LogP contribution in [0.2, 0.25) is 0 Å². The molecule has 112 valence electrons. The summed E-state index contributed by atoms with van der Waals surface area (Å²) in [5.41, 5.74) is 0. The van der Waals surface area contributed by atoms with Crippen LogP contribution in [0.4, 0.5) is 0 Å². The largest absolute Gasteiger partial charge is 0.381 e. The van der Waals surface area contributed by atoms with Gasteiger partial charge in [-0.15, -0.1) is 0 Å². The van der Waals surface area contributed by atoms with Crippen LogP contribution in [0, 0.1) is 5.92 Å². The van der Waals surface area contributed by atoms with Gasteiger partial charge < -0.3 is 4.74 Å². The molecule has 0 aromatic heterocycles. The average Bonchev–Trinajstić information content (AvgIpc) is 2.30. The predicted molar refractivity (Wildman–Crippen MR) is 81.7 cm³/mol. The highest BCUT2D eigenvalue weighted by Crippen LogP contribution is 2.10. The zero-order valence-corrected chi connectivity index (χ0v) is 13.6. The number of carbonyl (C=O) groups is 2. The maximum absolute atomic E-state index is 11.5. The summed E-state index contributed by atoms with van der Waals surface area (Å²) in [4.78, 5) is 22.9. The molecule has 3 nitrogen and oxygen atoms in total. The Bertz CT molecular complexity index is 262. The summed E-state index contributed by atoms with van der Waals surface area (Å²) < 4.78 is 5.38. The normalized spacial score (nSPS) is 11.3. The summed E-state index contributed by atoms with van der Waals surface area (Å²) in [7, 11) is 0. The highest BCUT2D eigenvalue weighted by atomic mass is 32.2. The van der Waals surface area contributed by atoms with Crippen LogP contribution in [0.5, 0.6) is 0 Å². The van der Waals surface area contributed by atoms with E-state index in [4.69, 9.17) is 4.74 Å². The Hall–Kier alpha value is -0.350. The maximum Gasteiger partial charge on any atom is 0.142 e. The van der Waals surface area contributed by atoms with Crippen LogP contribution in [0.1, 0.15) is 53.4 Å². The van der Waals surface area contributed by atoms with E-state index in [0.29, 0.717) is 49.4 Å². The zero-order chi connectivity index (χ0) is 14.7. The molecule has 0 atom stereocenters. The molecule has 4 heteroatoms. The summed E-state index contributed by atoms with van der Waals surface area (Å²) in [6.07, 6.45) is 2.47. The molecule has 0 bridgehead atoms. The van der Waals surface area contributed by atoms with E-state index in [2.05, 4.69) is 13.8 Å². The van der Waals surface area contributed by atoms with Gasteiger partial charge in [-0.3, -0.25) is 9.59 Å². The lowest BCUT2D eigenvalue weighted by Gasteiger charge is -2.06. The van der Waals surface area contributed by atoms with E-state index in [9.17, 15) is 9.59 Å². The fraction of sp³-hybridized carbons (Fsp3) is 0.867. The molecule has 0 unspecified atom stereocenters. The van der Waals surface area contributed by atoms with E-state index in [1.807, 2.05) is 13.8 Å². The van der Waals surface area contributed by atoms with Crippen molar-refractivity contribution in [2.24, 2.45) is 5.92 Å². The smallest absolute Gasteiger partial charge is 0.142 e. The fourth-order valence-electron chi connectivity index (χ4n) is 1.55. The predicted octanol–water partition coefficient (Wildman–Crippen LogP) is 3.50. The second kappa shape index (κ2) is 11.5. The molecule has 0 aliphatic carbocycles. The van der Waals surface area contributed by atoms with Crippen molar-refractivity contribution in [1.29, 1.82) is 0 Å². The Morgan fingerprint density at radius 2 is 1.68 bits per heavy atom. The van der Waals surface area contributed by atoms with Gasteiger partial charge in [0.05, 0.1) is 12.4 Å². The van der Waals surface area contributed by atoms with Gasteiger partial charge in [0.15, 0.2) is 0 Å². The van der Waals surface area contributed by atoms with Gasteiger partial charge in [0.2, 0.25) is 0 Å². The fourth-order valence-corrected chi connectivity index (χ4v) is 2.21. The second-order valence-corrected chi connectivity index (χ2v) is 7.07. The van der Waals surface area contributed by atoms with E-state index in [1.165, 1.54) is 0 Å². The van der Waals surface area contributed by atoms with Crippen molar-refractivity contribution < 1.29 is 14.3 Å². The van der Waals surface area contributed by atoms with Crippen LogP contribution >= 0.6 is 11.8 Å². The van der Waals surface area contributed by atoms with Gasteiger partial charge in [0, 0.05) is 25.9 Å². The number of Topliss-reactive ketones (excluding diaryl/α,β-unsaturated/α-hetero) is 2. The number of hydrogen-bond donors (Lipinski definition) is 0. The molecule has 0 aliphatic heterocycles. The molecule has 0 heterocycles. The second-order valence-electron chi connectivity index (χ2n) is 5.50.